The van der Waals surface area contributed by atoms with Gasteiger partial charge in [-0.3, -0.25) is 0 Å². The Hall–Kier alpha value is -2.82. The van der Waals surface area contributed by atoms with E-state index in [1.165, 1.54) is 0 Å². The lowest BCUT2D eigenvalue weighted by atomic mass is 10.1. The van der Waals surface area contributed by atoms with Gasteiger partial charge in [-0.05, 0) is 42.8 Å². The van der Waals surface area contributed by atoms with Gasteiger partial charge in [0.15, 0.2) is 0 Å². The first kappa shape index (κ1) is 13.2. The van der Waals surface area contributed by atoms with Crippen molar-refractivity contribution in [2.45, 2.75) is 6.92 Å². The van der Waals surface area contributed by atoms with Crippen molar-refractivity contribution in [3.63, 3.8) is 0 Å². The van der Waals surface area contributed by atoms with Crippen LogP contribution in [0.4, 0.5) is 5.69 Å². The van der Waals surface area contributed by atoms with E-state index in [0.717, 1.165) is 22.4 Å². The van der Waals surface area contributed by atoms with E-state index in [-0.39, 0.29) is 0 Å². The van der Waals surface area contributed by atoms with Crippen molar-refractivity contribution < 1.29 is 9.26 Å². The van der Waals surface area contributed by atoms with Crippen LogP contribution in [0.2, 0.25) is 0 Å². The van der Waals surface area contributed by atoms with Crippen LogP contribution in [0.15, 0.2) is 47.0 Å². The van der Waals surface area contributed by atoms with Crippen LogP contribution in [0.25, 0.3) is 22.8 Å². The van der Waals surface area contributed by atoms with E-state index < -0.39 is 0 Å². The fraction of sp³-hybridized carbons (Fsp3) is 0.125. The number of benzene rings is 2. The summed E-state index contributed by atoms with van der Waals surface area (Å²) in [6.45, 7) is 1.97. The lowest BCUT2D eigenvalue weighted by Crippen LogP contribution is -1.90. The smallest absolute Gasteiger partial charge is 0.260 e. The monoisotopic (exact) mass is 281 g/mol. The molecule has 1 aromatic heterocycles. The van der Waals surface area contributed by atoms with Crippen molar-refractivity contribution in [2.75, 3.05) is 12.8 Å². The maximum absolute atomic E-state index is 5.92. The average Bonchev–Trinajstić information content (AvgIpc) is 2.97. The number of nitrogen functional groups attached to an aromatic ring is 1. The molecule has 0 amide bonds. The molecule has 0 fully saturated rings. The molecule has 0 aliphatic rings. The summed E-state index contributed by atoms with van der Waals surface area (Å²) in [5.41, 5.74) is 9.15. The number of anilines is 1. The molecule has 0 bridgehead atoms. The molecule has 5 nitrogen and oxygen atoms in total. The average molecular weight is 281 g/mol. The Bertz CT molecular complexity index is 781. The lowest BCUT2D eigenvalue weighted by molar-refractivity contribution is 0.411. The Balaban J connectivity index is 1.99. The van der Waals surface area contributed by atoms with E-state index in [0.29, 0.717) is 17.4 Å². The van der Waals surface area contributed by atoms with Crippen LogP contribution in [0, 0.1) is 6.92 Å². The molecular weight excluding hydrogens is 266 g/mol. The Morgan fingerprint density at radius 3 is 2.67 bits per heavy atom. The number of aromatic nitrogens is 2. The van der Waals surface area contributed by atoms with E-state index in [1.807, 2.05) is 43.3 Å². The van der Waals surface area contributed by atoms with Gasteiger partial charge in [-0.15, -0.1) is 0 Å². The number of hydrogen-bond donors (Lipinski definition) is 1. The van der Waals surface area contributed by atoms with Crippen molar-refractivity contribution in [3.8, 4) is 28.6 Å². The normalized spacial score (nSPS) is 10.6. The minimum absolute atomic E-state index is 0.413. The van der Waals surface area contributed by atoms with Gasteiger partial charge in [0, 0.05) is 11.3 Å². The van der Waals surface area contributed by atoms with Gasteiger partial charge in [-0.2, -0.15) is 4.98 Å². The van der Waals surface area contributed by atoms with Crippen LogP contribution < -0.4 is 10.5 Å². The van der Waals surface area contributed by atoms with E-state index in [1.54, 1.807) is 13.2 Å². The number of methoxy groups -OCH3 is 1. The summed E-state index contributed by atoms with van der Waals surface area (Å²) in [6.07, 6.45) is 0. The molecule has 3 aromatic rings. The summed E-state index contributed by atoms with van der Waals surface area (Å²) in [6, 6.07) is 13.1. The highest BCUT2D eigenvalue weighted by molar-refractivity contribution is 5.71. The molecule has 0 spiro atoms. The highest BCUT2D eigenvalue weighted by Crippen LogP contribution is 2.28. The van der Waals surface area contributed by atoms with Gasteiger partial charge in [0.2, 0.25) is 5.82 Å². The second-order valence-corrected chi connectivity index (χ2v) is 4.69. The number of hydrogen-bond acceptors (Lipinski definition) is 5. The number of para-hydroxylation sites is 1. The largest absolute Gasteiger partial charge is 0.496 e. The Kier molecular flexibility index (Phi) is 3.31. The second-order valence-electron chi connectivity index (χ2n) is 4.69. The summed E-state index contributed by atoms with van der Waals surface area (Å²) in [4.78, 5) is 4.41. The predicted molar refractivity (Wildman–Crippen MR) is 80.9 cm³/mol. The fourth-order valence-electron chi connectivity index (χ4n) is 2.16. The molecule has 3 rings (SSSR count). The molecule has 0 saturated carbocycles. The van der Waals surface area contributed by atoms with Crippen LogP contribution >= 0.6 is 0 Å². The summed E-state index contributed by atoms with van der Waals surface area (Å²) >= 11 is 0. The highest BCUT2D eigenvalue weighted by atomic mass is 16.5. The van der Waals surface area contributed by atoms with Gasteiger partial charge < -0.3 is 15.0 Å². The predicted octanol–water partition coefficient (Wildman–Crippen LogP) is 3.30. The molecule has 0 radical (unpaired) electrons. The Morgan fingerprint density at radius 1 is 1.14 bits per heavy atom. The van der Waals surface area contributed by atoms with Crippen molar-refractivity contribution in [2.24, 2.45) is 0 Å². The fourth-order valence-corrected chi connectivity index (χ4v) is 2.16. The van der Waals surface area contributed by atoms with Gasteiger partial charge in [0.25, 0.3) is 5.89 Å². The molecule has 2 N–H and O–H groups in total. The third kappa shape index (κ3) is 2.45. The standard InChI is InChI=1S/C16H15N3O2/c1-10-9-11(7-8-14(10)20-2)15-18-16(21-19-15)12-5-3-4-6-13(12)17/h3-9H,17H2,1-2H3. The van der Waals surface area contributed by atoms with Gasteiger partial charge in [0.05, 0.1) is 12.7 Å². The third-order valence-corrected chi connectivity index (χ3v) is 3.27. The number of rotatable bonds is 3. The molecule has 2 aromatic carbocycles. The Labute approximate surface area is 122 Å². The quantitative estimate of drug-likeness (QED) is 0.745. The number of aryl methyl sites for hydroxylation is 1. The minimum atomic E-state index is 0.413. The summed E-state index contributed by atoms with van der Waals surface area (Å²) < 4.78 is 10.6. The highest BCUT2D eigenvalue weighted by Gasteiger charge is 2.13. The summed E-state index contributed by atoms with van der Waals surface area (Å²) in [7, 11) is 1.65. The molecule has 0 saturated heterocycles. The maximum atomic E-state index is 5.92. The van der Waals surface area contributed by atoms with Crippen molar-refractivity contribution in [1.82, 2.24) is 10.1 Å². The first-order valence-electron chi connectivity index (χ1n) is 6.52. The number of nitrogens with two attached hydrogens (primary N) is 1. The third-order valence-electron chi connectivity index (χ3n) is 3.27. The molecule has 1 heterocycles. The SMILES string of the molecule is COc1ccc(-c2noc(-c3ccccc3N)n2)cc1C. The second kappa shape index (κ2) is 5.28. The molecule has 0 atom stereocenters. The van der Waals surface area contributed by atoms with Crippen molar-refractivity contribution in [1.29, 1.82) is 0 Å². The van der Waals surface area contributed by atoms with Gasteiger partial charge in [0.1, 0.15) is 5.75 Å². The zero-order valence-electron chi connectivity index (χ0n) is 11.8. The van der Waals surface area contributed by atoms with Crippen LogP contribution in [0.3, 0.4) is 0 Å². The van der Waals surface area contributed by atoms with E-state index in [4.69, 9.17) is 15.0 Å². The number of ether oxygens (including phenoxy) is 1. The molecule has 106 valence electrons. The topological polar surface area (TPSA) is 74.2 Å². The van der Waals surface area contributed by atoms with Gasteiger partial charge in [-0.25, -0.2) is 0 Å². The van der Waals surface area contributed by atoms with E-state index in [9.17, 15) is 0 Å². The molecule has 0 aliphatic heterocycles. The van der Waals surface area contributed by atoms with Gasteiger partial charge >= 0.3 is 0 Å². The molecule has 0 unspecified atom stereocenters. The molecule has 0 aliphatic carbocycles. The van der Waals surface area contributed by atoms with E-state index in [2.05, 4.69) is 10.1 Å². The van der Waals surface area contributed by atoms with Crippen molar-refractivity contribution in [3.05, 3.63) is 48.0 Å². The van der Waals surface area contributed by atoms with Gasteiger partial charge in [-0.1, -0.05) is 17.3 Å². The zero-order chi connectivity index (χ0) is 14.8. The van der Waals surface area contributed by atoms with Crippen LogP contribution in [0.5, 0.6) is 5.75 Å². The van der Waals surface area contributed by atoms with Crippen LogP contribution in [0.1, 0.15) is 5.56 Å². The number of nitrogens with zero attached hydrogens (tertiary/aromatic N) is 2. The molecular formula is C16H15N3O2. The zero-order valence-corrected chi connectivity index (χ0v) is 11.8. The molecule has 21 heavy (non-hydrogen) atoms. The molecule has 5 heteroatoms. The van der Waals surface area contributed by atoms with E-state index >= 15 is 0 Å². The first-order valence-corrected chi connectivity index (χ1v) is 6.52. The summed E-state index contributed by atoms with van der Waals surface area (Å²) in [5.74, 6) is 1.77. The maximum Gasteiger partial charge on any atom is 0.260 e. The van der Waals surface area contributed by atoms with Crippen molar-refractivity contribution >= 4 is 5.69 Å². The van der Waals surface area contributed by atoms with Crippen LogP contribution in [-0.2, 0) is 0 Å². The minimum Gasteiger partial charge on any atom is -0.496 e. The first-order chi connectivity index (χ1) is 10.2. The van der Waals surface area contributed by atoms with Crippen LogP contribution in [-0.4, -0.2) is 17.3 Å². The summed E-state index contributed by atoms with van der Waals surface area (Å²) in [5, 5.41) is 4.02. The Morgan fingerprint density at radius 2 is 1.95 bits per heavy atom. The lowest BCUT2D eigenvalue weighted by Gasteiger charge is -2.04.